The number of hydrogen-bond acceptors (Lipinski definition) is 11. The minimum Gasteiger partial charge on any atom is -0.457 e. The van der Waals surface area contributed by atoms with E-state index in [4.69, 9.17) is 18.5 Å². The summed E-state index contributed by atoms with van der Waals surface area (Å²) in [6, 6.07) is 0. The predicted molar refractivity (Wildman–Crippen MR) is 239 cm³/mol. The van der Waals surface area contributed by atoms with Crippen LogP contribution in [0.2, 0.25) is 0 Å². The summed E-state index contributed by atoms with van der Waals surface area (Å²) in [7, 11) is -5.03. The Morgan fingerprint density at radius 3 is 1.50 bits per heavy atom. The van der Waals surface area contributed by atoms with Crippen LogP contribution in [0.15, 0.2) is 72.9 Å². The van der Waals surface area contributed by atoms with Gasteiger partial charge in [0.05, 0.1) is 13.2 Å². The van der Waals surface area contributed by atoms with Crippen molar-refractivity contribution in [3.63, 3.8) is 0 Å². The SMILES string of the molecule is CC/C=C\C/C=C\C/C=C\C/C=C\CCCCC(=O)OC(COCCCCCCCCCC/C=C\C/C=C\CCCCC)COP(=O)(O)OC1C(O)C(O)C(O)C(O)C1O. The van der Waals surface area contributed by atoms with Gasteiger partial charge in [-0.25, -0.2) is 4.57 Å². The molecular weight excluding hydrogens is 787 g/mol. The first-order chi connectivity index (χ1) is 29.0. The lowest BCUT2D eigenvalue weighted by Crippen LogP contribution is -2.64. The molecule has 1 aliphatic rings. The van der Waals surface area contributed by atoms with Crippen LogP contribution in [0.4, 0.5) is 0 Å². The Bertz CT molecular complexity index is 1260. The number of hydrogen-bond donors (Lipinski definition) is 6. The molecule has 0 saturated heterocycles. The molecule has 0 heterocycles. The van der Waals surface area contributed by atoms with Gasteiger partial charge in [-0.3, -0.25) is 13.8 Å². The highest BCUT2D eigenvalue weighted by Crippen LogP contribution is 2.47. The average Bonchev–Trinajstić information content (AvgIpc) is 3.23. The highest BCUT2D eigenvalue weighted by molar-refractivity contribution is 7.47. The Morgan fingerprint density at radius 1 is 0.550 bits per heavy atom. The van der Waals surface area contributed by atoms with Crippen molar-refractivity contribution in [2.24, 2.45) is 0 Å². The Morgan fingerprint density at radius 2 is 0.983 bits per heavy atom. The van der Waals surface area contributed by atoms with Gasteiger partial charge in [0, 0.05) is 13.0 Å². The van der Waals surface area contributed by atoms with E-state index in [1.54, 1.807) is 0 Å². The lowest BCUT2D eigenvalue weighted by molar-refractivity contribution is -0.220. The molecule has 0 bridgehead atoms. The molecule has 0 aromatic rings. The Balaban J connectivity index is 2.44. The molecule has 346 valence electrons. The van der Waals surface area contributed by atoms with Crippen LogP contribution in [-0.4, -0.2) is 98.9 Å². The Hall–Kier alpha value is -2.22. The Labute approximate surface area is 361 Å². The number of phosphoric ester groups is 1. The summed E-state index contributed by atoms with van der Waals surface area (Å²) in [5.74, 6) is -0.522. The molecule has 1 rings (SSSR count). The molecule has 0 spiro atoms. The molecule has 0 aromatic carbocycles. The second-order valence-corrected chi connectivity index (χ2v) is 16.9. The molecule has 1 aliphatic carbocycles. The topological polar surface area (TPSA) is 192 Å². The molecule has 0 radical (unpaired) electrons. The van der Waals surface area contributed by atoms with Crippen LogP contribution >= 0.6 is 7.82 Å². The molecule has 1 saturated carbocycles. The fraction of sp³-hybridized carbons (Fsp3) is 0.723. The van der Waals surface area contributed by atoms with E-state index in [9.17, 15) is 39.8 Å². The van der Waals surface area contributed by atoms with Crippen LogP contribution in [0.5, 0.6) is 0 Å². The fourth-order valence-corrected chi connectivity index (χ4v) is 7.41. The Kier molecular flexibility index (Phi) is 34.7. The summed E-state index contributed by atoms with van der Waals surface area (Å²) in [5.41, 5.74) is 0. The van der Waals surface area contributed by atoms with E-state index in [-0.39, 0.29) is 13.0 Å². The predicted octanol–water partition coefficient (Wildman–Crippen LogP) is 9.19. The summed E-state index contributed by atoms with van der Waals surface area (Å²) < 4.78 is 34.1. The van der Waals surface area contributed by atoms with Gasteiger partial charge in [-0.1, -0.05) is 138 Å². The number of carbonyl (C=O) groups is 1. The molecule has 6 N–H and O–H groups in total. The summed E-state index contributed by atoms with van der Waals surface area (Å²) in [4.78, 5) is 23.1. The molecule has 0 aliphatic heterocycles. The van der Waals surface area contributed by atoms with Crippen molar-refractivity contribution in [1.82, 2.24) is 0 Å². The number of allylic oxidation sites excluding steroid dienone is 12. The van der Waals surface area contributed by atoms with Crippen LogP contribution in [-0.2, 0) is 27.9 Å². The van der Waals surface area contributed by atoms with E-state index in [2.05, 4.69) is 86.8 Å². The maximum absolute atomic E-state index is 12.8. The van der Waals surface area contributed by atoms with Crippen LogP contribution in [0.25, 0.3) is 0 Å². The van der Waals surface area contributed by atoms with Gasteiger partial charge < -0.3 is 39.9 Å². The number of aliphatic hydroxyl groups excluding tert-OH is 5. The van der Waals surface area contributed by atoms with Gasteiger partial charge in [0.25, 0.3) is 0 Å². The summed E-state index contributed by atoms with van der Waals surface area (Å²) in [6.07, 6.45) is 35.4. The lowest BCUT2D eigenvalue weighted by Gasteiger charge is -2.41. The van der Waals surface area contributed by atoms with Crippen molar-refractivity contribution >= 4 is 13.8 Å². The van der Waals surface area contributed by atoms with Gasteiger partial charge in [0.1, 0.15) is 42.7 Å². The highest BCUT2D eigenvalue weighted by Gasteiger charge is 2.51. The number of carbonyl (C=O) groups excluding carboxylic acids is 1. The third kappa shape index (κ3) is 29.1. The van der Waals surface area contributed by atoms with Crippen LogP contribution in [0.3, 0.4) is 0 Å². The van der Waals surface area contributed by atoms with Gasteiger partial charge in [0.2, 0.25) is 0 Å². The average molecular weight is 869 g/mol. The second-order valence-electron chi connectivity index (χ2n) is 15.5. The monoisotopic (exact) mass is 869 g/mol. The zero-order valence-corrected chi connectivity index (χ0v) is 37.6. The minimum atomic E-state index is -5.03. The normalized spacial score (nSPS) is 23.0. The number of rotatable bonds is 37. The molecule has 0 amide bonds. The number of ether oxygens (including phenoxy) is 2. The molecule has 6 unspecified atom stereocenters. The summed E-state index contributed by atoms with van der Waals surface area (Å²) in [6.45, 7) is 4.04. The minimum absolute atomic E-state index is 0.102. The number of unbranched alkanes of at least 4 members (excludes halogenated alkanes) is 13. The molecule has 60 heavy (non-hydrogen) atoms. The number of aliphatic hydroxyl groups is 5. The van der Waals surface area contributed by atoms with Crippen LogP contribution in [0, 0.1) is 0 Å². The van der Waals surface area contributed by atoms with E-state index in [0.717, 1.165) is 77.0 Å². The first-order valence-electron chi connectivity index (χ1n) is 22.8. The number of phosphoric acid groups is 1. The molecular formula is C47H81O12P. The third-order valence-electron chi connectivity index (χ3n) is 10.1. The largest absolute Gasteiger partial charge is 0.472 e. The van der Waals surface area contributed by atoms with E-state index >= 15 is 0 Å². The van der Waals surface area contributed by atoms with Gasteiger partial charge in [0.15, 0.2) is 0 Å². The standard InChI is InChI=1S/C47H81O12P/c1-3-5-7-9-11-13-15-17-19-20-21-23-25-27-29-31-33-35-37-56-38-40(39-57-60(54,55)59-47-45(52)43(50)42(49)44(51)46(47)53)58-41(48)36-34-32-30-28-26-24-22-18-16-14-12-10-8-6-4-2/h6,8,11-14,17-19,22,26,28,40,42-47,49-53H,3-5,7,9-10,15-16,20-21,23-25,27,29-39H2,1-2H3,(H,54,55)/b8-6-,13-11-,14-12-,19-17-,22-18-,28-26-. The molecule has 6 atom stereocenters. The zero-order chi connectivity index (χ0) is 44.1. The van der Waals surface area contributed by atoms with Crippen LogP contribution in [0.1, 0.15) is 155 Å². The lowest BCUT2D eigenvalue weighted by atomic mass is 9.85. The van der Waals surface area contributed by atoms with Crippen LogP contribution < -0.4 is 0 Å². The van der Waals surface area contributed by atoms with E-state index in [1.165, 1.54) is 51.4 Å². The van der Waals surface area contributed by atoms with E-state index in [0.29, 0.717) is 13.0 Å². The maximum atomic E-state index is 12.8. The van der Waals surface area contributed by atoms with Crippen molar-refractivity contribution in [2.45, 2.75) is 198 Å². The molecule has 0 aromatic heterocycles. The highest BCUT2D eigenvalue weighted by atomic mass is 31.2. The number of esters is 1. The smallest absolute Gasteiger partial charge is 0.457 e. The van der Waals surface area contributed by atoms with Crippen molar-refractivity contribution < 1.29 is 58.3 Å². The van der Waals surface area contributed by atoms with Crippen molar-refractivity contribution in [3.8, 4) is 0 Å². The molecule has 1 fully saturated rings. The van der Waals surface area contributed by atoms with Gasteiger partial charge in [-0.05, 0) is 83.5 Å². The first kappa shape index (κ1) is 55.8. The summed E-state index contributed by atoms with van der Waals surface area (Å²) in [5, 5.41) is 50.2. The fourth-order valence-electron chi connectivity index (χ4n) is 6.43. The van der Waals surface area contributed by atoms with E-state index in [1.807, 2.05) is 0 Å². The summed E-state index contributed by atoms with van der Waals surface area (Å²) >= 11 is 0. The van der Waals surface area contributed by atoms with Gasteiger partial charge in [-0.2, -0.15) is 0 Å². The quantitative estimate of drug-likeness (QED) is 0.0150. The van der Waals surface area contributed by atoms with Gasteiger partial charge >= 0.3 is 13.8 Å². The maximum Gasteiger partial charge on any atom is 0.472 e. The van der Waals surface area contributed by atoms with E-state index < -0.39 is 63.1 Å². The second kappa shape index (κ2) is 37.3. The molecule has 13 heteroatoms. The first-order valence-corrected chi connectivity index (χ1v) is 24.3. The van der Waals surface area contributed by atoms with Crippen molar-refractivity contribution in [2.75, 3.05) is 19.8 Å². The third-order valence-corrected chi connectivity index (χ3v) is 11.0. The van der Waals surface area contributed by atoms with Crippen molar-refractivity contribution in [3.05, 3.63) is 72.9 Å². The van der Waals surface area contributed by atoms with Crippen molar-refractivity contribution in [1.29, 1.82) is 0 Å². The zero-order valence-electron chi connectivity index (χ0n) is 36.7. The molecule has 12 nitrogen and oxygen atoms in total. The van der Waals surface area contributed by atoms with Gasteiger partial charge in [-0.15, -0.1) is 0 Å².